The quantitative estimate of drug-likeness (QED) is 0.845. The van der Waals surface area contributed by atoms with E-state index < -0.39 is 11.6 Å². The molecule has 2 nitrogen and oxygen atoms in total. The van der Waals surface area contributed by atoms with Gasteiger partial charge in [-0.2, -0.15) is 0 Å². The molecule has 0 spiro atoms. The van der Waals surface area contributed by atoms with Crippen LogP contribution in [0.15, 0.2) is 18.2 Å². The summed E-state index contributed by atoms with van der Waals surface area (Å²) in [5.74, 6) is -0.104. The number of halogens is 2. The standard InChI is InChI=1S/C13H18F2N2/c14-11-1-2-12(15)13(9-11)17-8-5-10-3-6-16-7-4-10/h1-2,9-10,16-17H,3-8H2. The van der Waals surface area contributed by atoms with Gasteiger partial charge >= 0.3 is 0 Å². The van der Waals surface area contributed by atoms with E-state index in [1.54, 1.807) is 0 Å². The minimum Gasteiger partial charge on any atom is -0.383 e. The lowest BCUT2D eigenvalue weighted by molar-refractivity contribution is 0.361. The van der Waals surface area contributed by atoms with Crippen LogP contribution in [0.1, 0.15) is 19.3 Å². The van der Waals surface area contributed by atoms with Crippen LogP contribution in [0.4, 0.5) is 14.5 Å². The molecule has 0 saturated carbocycles. The van der Waals surface area contributed by atoms with Crippen LogP contribution in [0.2, 0.25) is 0 Å². The number of hydrogen-bond donors (Lipinski definition) is 2. The molecule has 0 aliphatic carbocycles. The van der Waals surface area contributed by atoms with Crippen LogP contribution < -0.4 is 10.6 Å². The predicted octanol–water partition coefficient (Wildman–Crippen LogP) is 2.77. The van der Waals surface area contributed by atoms with Gasteiger partial charge in [-0.1, -0.05) is 0 Å². The summed E-state index contributed by atoms with van der Waals surface area (Å²) in [5.41, 5.74) is 0.263. The fourth-order valence-corrected chi connectivity index (χ4v) is 2.21. The first-order valence-electron chi connectivity index (χ1n) is 6.15. The molecule has 1 aromatic rings. The Morgan fingerprint density at radius 3 is 2.76 bits per heavy atom. The zero-order valence-corrected chi connectivity index (χ0v) is 9.81. The Morgan fingerprint density at radius 2 is 2.00 bits per heavy atom. The van der Waals surface area contributed by atoms with Crippen LogP contribution in [0, 0.1) is 17.6 Å². The van der Waals surface area contributed by atoms with Gasteiger partial charge in [0.05, 0.1) is 5.69 Å². The van der Waals surface area contributed by atoms with E-state index in [1.807, 2.05) is 0 Å². The largest absolute Gasteiger partial charge is 0.383 e. The van der Waals surface area contributed by atoms with Crippen molar-refractivity contribution >= 4 is 5.69 Å². The molecule has 1 fully saturated rings. The number of rotatable bonds is 4. The molecule has 2 rings (SSSR count). The lowest BCUT2D eigenvalue weighted by Crippen LogP contribution is -2.28. The highest BCUT2D eigenvalue weighted by atomic mass is 19.1. The summed E-state index contributed by atoms with van der Waals surface area (Å²) in [5, 5.41) is 6.28. The van der Waals surface area contributed by atoms with Gasteiger partial charge in [-0.15, -0.1) is 0 Å². The second-order valence-electron chi connectivity index (χ2n) is 4.53. The van der Waals surface area contributed by atoms with Crippen LogP contribution >= 0.6 is 0 Å². The number of benzene rings is 1. The second-order valence-corrected chi connectivity index (χ2v) is 4.53. The Labute approximate surface area is 100 Å². The first kappa shape index (κ1) is 12.3. The van der Waals surface area contributed by atoms with Gasteiger partial charge in [0.15, 0.2) is 0 Å². The zero-order valence-electron chi connectivity index (χ0n) is 9.81. The topological polar surface area (TPSA) is 24.1 Å². The van der Waals surface area contributed by atoms with Gasteiger partial charge in [0.2, 0.25) is 0 Å². The molecule has 1 heterocycles. The molecule has 0 radical (unpaired) electrons. The van der Waals surface area contributed by atoms with Gasteiger partial charge in [0.1, 0.15) is 11.6 Å². The number of anilines is 1. The summed E-state index contributed by atoms with van der Waals surface area (Å²) in [4.78, 5) is 0. The molecule has 1 aliphatic rings. The van der Waals surface area contributed by atoms with Crippen molar-refractivity contribution in [3.8, 4) is 0 Å². The average molecular weight is 240 g/mol. The summed E-state index contributed by atoms with van der Waals surface area (Å²) >= 11 is 0. The predicted molar refractivity (Wildman–Crippen MR) is 65.1 cm³/mol. The van der Waals surface area contributed by atoms with Gasteiger partial charge in [0, 0.05) is 6.54 Å². The monoisotopic (exact) mass is 240 g/mol. The molecule has 1 saturated heterocycles. The Morgan fingerprint density at radius 1 is 1.24 bits per heavy atom. The van der Waals surface area contributed by atoms with Gasteiger partial charge in [-0.3, -0.25) is 0 Å². The van der Waals surface area contributed by atoms with Crippen molar-refractivity contribution in [2.45, 2.75) is 19.3 Å². The molecule has 4 heteroatoms. The van der Waals surface area contributed by atoms with Crippen LogP contribution in [-0.4, -0.2) is 19.6 Å². The average Bonchev–Trinajstić information content (AvgIpc) is 2.35. The van der Waals surface area contributed by atoms with E-state index in [0.717, 1.165) is 31.6 Å². The van der Waals surface area contributed by atoms with E-state index >= 15 is 0 Å². The van der Waals surface area contributed by atoms with Gasteiger partial charge in [0.25, 0.3) is 0 Å². The maximum Gasteiger partial charge on any atom is 0.146 e. The Hall–Kier alpha value is -1.16. The van der Waals surface area contributed by atoms with E-state index in [4.69, 9.17) is 0 Å². The maximum absolute atomic E-state index is 13.3. The highest BCUT2D eigenvalue weighted by Gasteiger charge is 2.12. The SMILES string of the molecule is Fc1ccc(F)c(NCCC2CCNCC2)c1. The molecule has 0 aromatic heterocycles. The van der Waals surface area contributed by atoms with Crippen LogP contribution in [0.5, 0.6) is 0 Å². The van der Waals surface area contributed by atoms with Gasteiger partial charge in [-0.05, 0) is 56.5 Å². The smallest absolute Gasteiger partial charge is 0.146 e. The van der Waals surface area contributed by atoms with Crippen molar-refractivity contribution < 1.29 is 8.78 Å². The summed E-state index contributed by atoms with van der Waals surface area (Å²) in [6.07, 6.45) is 3.36. The van der Waals surface area contributed by atoms with Crippen molar-refractivity contribution in [1.82, 2.24) is 5.32 Å². The van der Waals surface area contributed by atoms with Crippen molar-refractivity contribution in [3.05, 3.63) is 29.8 Å². The summed E-state index contributed by atoms with van der Waals surface area (Å²) in [6.45, 7) is 2.84. The van der Waals surface area contributed by atoms with E-state index in [9.17, 15) is 8.78 Å². The van der Waals surface area contributed by atoms with E-state index in [1.165, 1.54) is 18.9 Å². The number of piperidine rings is 1. The lowest BCUT2D eigenvalue weighted by Gasteiger charge is -2.22. The third kappa shape index (κ3) is 3.66. The molecule has 17 heavy (non-hydrogen) atoms. The van der Waals surface area contributed by atoms with E-state index in [0.29, 0.717) is 12.5 Å². The summed E-state index contributed by atoms with van der Waals surface area (Å²) < 4.78 is 26.2. The number of hydrogen-bond acceptors (Lipinski definition) is 2. The molecular weight excluding hydrogens is 222 g/mol. The van der Waals surface area contributed by atoms with Crippen molar-refractivity contribution in [2.75, 3.05) is 25.0 Å². The minimum atomic E-state index is -0.407. The van der Waals surface area contributed by atoms with Crippen molar-refractivity contribution in [2.24, 2.45) is 5.92 Å². The maximum atomic E-state index is 13.3. The zero-order chi connectivity index (χ0) is 12.1. The Balaban J connectivity index is 1.79. The summed E-state index contributed by atoms with van der Waals surface area (Å²) in [7, 11) is 0. The third-order valence-corrected chi connectivity index (χ3v) is 3.26. The molecule has 0 bridgehead atoms. The molecule has 94 valence electrons. The van der Waals surface area contributed by atoms with E-state index in [2.05, 4.69) is 10.6 Å². The van der Waals surface area contributed by atoms with E-state index in [-0.39, 0.29) is 5.69 Å². The number of nitrogens with one attached hydrogen (secondary N) is 2. The fraction of sp³-hybridized carbons (Fsp3) is 0.538. The first-order valence-corrected chi connectivity index (χ1v) is 6.15. The minimum absolute atomic E-state index is 0.263. The van der Waals surface area contributed by atoms with Crippen LogP contribution in [0.3, 0.4) is 0 Å². The first-order chi connectivity index (χ1) is 8.25. The van der Waals surface area contributed by atoms with Crippen LogP contribution in [0.25, 0.3) is 0 Å². The molecule has 1 aromatic carbocycles. The van der Waals surface area contributed by atoms with Gasteiger partial charge in [-0.25, -0.2) is 8.78 Å². The molecule has 0 atom stereocenters. The molecule has 2 N–H and O–H groups in total. The third-order valence-electron chi connectivity index (χ3n) is 3.26. The van der Waals surface area contributed by atoms with Gasteiger partial charge < -0.3 is 10.6 Å². The molecule has 0 unspecified atom stereocenters. The second kappa shape index (κ2) is 5.96. The molecule has 1 aliphatic heterocycles. The van der Waals surface area contributed by atoms with Crippen LogP contribution in [-0.2, 0) is 0 Å². The summed E-state index contributed by atoms with van der Waals surface area (Å²) in [6, 6.07) is 3.49. The normalized spacial score (nSPS) is 17.1. The Kier molecular flexibility index (Phi) is 4.31. The molecular formula is C13H18F2N2. The van der Waals surface area contributed by atoms with Crippen molar-refractivity contribution in [1.29, 1.82) is 0 Å². The van der Waals surface area contributed by atoms with Crippen molar-refractivity contribution in [3.63, 3.8) is 0 Å². The fourth-order valence-electron chi connectivity index (χ4n) is 2.21. The lowest BCUT2D eigenvalue weighted by atomic mass is 9.95. The highest BCUT2D eigenvalue weighted by molar-refractivity contribution is 5.44. The highest BCUT2D eigenvalue weighted by Crippen LogP contribution is 2.18. The molecule has 0 amide bonds. The Bertz CT molecular complexity index is 362.